The summed E-state index contributed by atoms with van der Waals surface area (Å²) in [6, 6.07) is 67.2. The predicted molar refractivity (Wildman–Crippen MR) is 209 cm³/mol. The minimum absolute atomic E-state index is 0.951. The van der Waals surface area contributed by atoms with Crippen LogP contribution in [0, 0.1) is 0 Å². The Morgan fingerprint density at radius 2 is 0.900 bits per heavy atom. The topological polar surface area (TPSA) is 22.8 Å². The van der Waals surface area contributed by atoms with E-state index in [-0.39, 0.29) is 0 Å². The fourth-order valence-electron chi connectivity index (χ4n) is 7.73. The highest BCUT2D eigenvalue weighted by Crippen LogP contribution is 2.43. The fraction of sp³-hybridized carbons (Fsp3) is 0. The van der Waals surface area contributed by atoms with Gasteiger partial charge >= 0.3 is 0 Å². The lowest BCUT2D eigenvalue weighted by atomic mass is 9.98. The van der Waals surface area contributed by atoms with Crippen LogP contribution in [0.25, 0.3) is 88.6 Å². The molecule has 3 aromatic heterocycles. The number of hydrogen-bond acceptors (Lipinski definition) is 1. The molecule has 0 N–H and O–H groups in total. The van der Waals surface area contributed by atoms with E-state index in [1.54, 1.807) is 0 Å². The van der Waals surface area contributed by atoms with Gasteiger partial charge < -0.3 is 9.13 Å². The normalized spacial score (nSPS) is 11.6. The van der Waals surface area contributed by atoms with E-state index in [1.807, 2.05) is 0 Å². The Morgan fingerprint density at radius 3 is 1.58 bits per heavy atom. The maximum atomic E-state index is 5.19. The van der Waals surface area contributed by atoms with Crippen LogP contribution >= 0.6 is 0 Å². The number of pyridine rings is 1. The summed E-state index contributed by atoms with van der Waals surface area (Å²) in [5.74, 6) is 0. The van der Waals surface area contributed by atoms with E-state index in [2.05, 4.69) is 197 Å². The van der Waals surface area contributed by atoms with Crippen molar-refractivity contribution in [1.82, 2.24) is 14.1 Å². The highest BCUT2D eigenvalue weighted by atomic mass is 15.0. The highest BCUT2D eigenvalue weighted by molar-refractivity contribution is 6.26. The van der Waals surface area contributed by atoms with Crippen molar-refractivity contribution in [3.05, 3.63) is 188 Å². The summed E-state index contributed by atoms with van der Waals surface area (Å²) >= 11 is 0. The molecule has 0 spiro atoms. The van der Waals surface area contributed by atoms with Gasteiger partial charge in [-0.05, 0) is 54.1 Å². The van der Waals surface area contributed by atoms with Crippen LogP contribution in [0.5, 0.6) is 0 Å². The van der Waals surface area contributed by atoms with Gasteiger partial charge in [-0.3, -0.25) is 0 Å². The average molecular weight is 638 g/mol. The SMILES string of the molecule is c1ccc(-c2cc(-c3ccccc3-n3c4ccccc4c4ccc5c(c6ccccc6n5-c5ccccc5)c43)cc(-c3ccccc3)n2)cc1. The molecule has 3 nitrogen and oxygen atoms in total. The lowest BCUT2D eigenvalue weighted by molar-refractivity contribution is 1.17. The average Bonchev–Trinajstić information content (AvgIpc) is 3.72. The molecule has 0 atom stereocenters. The standard InChI is InChI=1S/C47H31N3/c1-4-16-32(17-5-1)40-30-34(31-41(48-40)33-18-6-2-7-19-33)36-22-10-13-25-42(36)50-43-26-14-11-23-37(43)38-28-29-45-46(47(38)50)39-24-12-15-27-44(39)49(45)35-20-8-3-9-21-35/h1-31H. The van der Waals surface area contributed by atoms with E-state index >= 15 is 0 Å². The molecule has 0 saturated heterocycles. The summed E-state index contributed by atoms with van der Waals surface area (Å²) < 4.78 is 4.90. The molecule has 0 amide bonds. The molecule has 0 aliphatic carbocycles. The van der Waals surface area contributed by atoms with E-state index in [0.717, 1.165) is 45.0 Å². The molecule has 0 fully saturated rings. The van der Waals surface area contributed by atoms with Gasteiger partial charge in [-0.15, -0.1) is 0 Å². The number of aromatic nitrogens is 3. The number of fused-ring (bicyclic) bond motifs is 7. The highest BCUT2D eigenvalue weighted by Gasteiger charge is 2.22. The Morgan fingerprint density at radius 1 is 0.360 bits per heavy atom. The first-order valence-corrected chi connectivity index (χ1v) is 17.1. The van der Waals surface area contributed by atoms with Gasteiger partial charge in [0.25, 0.3) is 0 Å². The smallest absolute Gasteiger partial charge is 0.0715 e. The zero-order valence-electron chi connectivity index (χ0n) is 27.2. The van der Waals surface area contributed by atoms with Crippen molar-refractivity contribution < 1.29 is 0 Å². The van der Waals surface area contributed by atoms with Crippen molar-refractivity contribution in [2.24, 2.45) is 0 Å². The maximum Gasteiger partial charge on any atom is 0.0715 e. The molecule has 50 heavy (non-hydrogen) atoms. The fourth-order valence-corrected chi connectivity index (χ4v) is 7.73. The van der Waals surface area contributed by atoms with Gasteiger partial charge in [0, 0.05) is 43.9 Å². The third kappa shape index (κ3) is 4.41. The molecule has 10 aromatic rings. The predicted octanol–water partition coefficient (Wildman–Crippen LogP) is 12.3. The summed E-state index contributed by atoms with van der Waals surface area (Å²) in [4.78, 5) is 5.19. The van der Waals surface area contributed by atoms with Gasteiger partial charge in [-0.25, -0.2) is 4.98 Å². The number of nitrogens with zero attached hydrogens (tertiary/aromatic N) is 3. The Balaban J connectivity index is 1.32. The van der Waals surface area contributed by atoms with E-state index in [0.29, 0.717) is 0 Å². The van der Waals surface area contributed by atoms with Crippen LogP contribution in [0.1, 0.15) is 0 Å². The van der Waals surface area contributed by atoms with E-state index in [4.69, 9.17) is 4.98 Å². The lowest BCUT2D eigenvalue weighted by Gasteiger charge is -2.16. The molecular formula is C47H31N3. The van der Waals surface area contributed by atoms with Gasteiger partial charge in [0.15, 0.2) is 0 Å². The first-order chi connectivity index (χ1) is 24.8. The van der Waals surface area contributed by atoms with E-state index < -0.39 is 0 Å². The van der Waals surface area contributed by atoms with Gasteiger partial charge in [0.1, 0.15) is 0 Å². The molecule has 3 heteroatoms. The molecule has 0 unspecified atom stereocenters. The van der Waals surface area contributed by atoms with Crippen molar-refractivity contribution in [3.8, 4) is 45.0 Å². The van der Waals surface area contributed by atoms with Gasteiger partial charge in [0.05, 0.1) is 39.1 Å². The van der Waals surface area contributed by atoms with Crippen LogP contribution in [0.2, 0.25) is 0 Å². The van der Waals surface area contributed by atoms with E-state index in [9.17, 15) is 0 Å². The summed E-state index contributed by atoms with van der Waals surface area (Å²) in [5, 5.41) is 4.96. The van der Waals surface area contributed by atoms with Crippen LogP contribution < -0.4 is 0 Å². The maximum absolute atomic E-state index is 5.19. The Bertz CT molecular complexity index is 2790. The molecule has 0 saturated carbocycles. The number of rotatable bonds is 5. The summed E-state index contributed by atoms with van der Waals surface area (Å²) in [7, 11) is 0. The Hall–Kier alpha value is -6.71. The van der Waals surface area contributed by atoms with Crippen LogP contribution in [0.4, 0.5) is 0 Å². The Kier molecular flexibility index (Phi) is 6.49. The second kappa shape index (κ2) is 11.5. The summed E-state index contributed by atoms with van der Waals surface area (Å²) in [5.41, 5.74) is 13.4. The minimum atomic E-state index is 0.951. The molecule has 0 aliphatic heterocycles. The number of hydrogen-bond donors (Lipinski definition) is 0. The third-order valence-electron chi connectivity index (χ3n) is 9.90. The second-order valence-corrected chi connectivity index (χ2v) is 12.8. The van der Waals surface area contributed by atoms with Gasteiger partial charge in [-0.1, -0.05) is 140 Å². The van der Waals surface area contributed by atoms with Gasteiger partial charge in [-0.2, -0.15) is 0 Å². The second-order valence-electron chi connectivity index (χ2n) is 12.8. The molecule has 0 aliphatic rings. The van der Waals surface area contributed by atoms with Crippen LogP contribution in [-0.2, 0) is 0 Å². The van der Waals surface area contributed by atoms with Crippen LogP contribution in [0.3, 0.4) is 0 Å². The molecular weight excluding hydrogens is 607 g/mol. The van der Waals surface area contributed by atoms with Crippen molar-refractivity contribution >= 4 is 43.6 Å². The van der Waals surface area contributed by atoms with Crippen molar-refractivity contribution in [3.63, 3.8) is 0 Å². The number of para-hydroxylation sites is 4. The lowest BCUT2D eigenvalue weighted by Crippen LogP contribution is -1.99. The van der Waals surface area contributed by atoms with Crippen LogP contribution in [-0.4, -0.2) is 14.1 Å². The molecule has 0 bridgehead atoms. The van der Waals surface area contributed by atoms with Crippen molar-refractivity contribution in [1.29, 1.82) is 0 Å². The third-order valence-corrected chi connectivity index (χ3v) is 9.90. The van der Waals surface area contributed by atoms with Crippen molar-refractivity contribution in [2.75, 3.05) is 0 Å². The molecule has 7 aromatic carbocycles. The van der Waals surface area contributed by atoms with Crippen molar-refractivity contribution in [2.45, 2.75) is 0 Å². The molecule has 0 radical (unpaired) electrons. The number of benzene rings is 7. The molecule has 10 rings (SSSR count). The monoisotopic (exact) mass is 637 g/mol. The molecule has 234 valence electrons. The first-order valence-electron chi connectivity index (χ1n) is 17.1. The quantitative estimate of drug-likeness (QED) is 0.184. The summed E-state index contributed by atoms with van der Waals surface area (Å²) in [6.45, 7) is 0. The Labute approximate surface area is 290 Å². The first kappa shape index (κ1) is 28.3. The van der Waals surface area contributed by atoms with Crippen LogP contribution in [0.15, 0.2) is 188 Å². The zero-order chi connectivity index (χ0) is 33.0. The summed E-state index contributed by atoms with van der Waals surface area (Å²) in [6.07, 6.45) is 0. The van der Waals surface area contributed by atoms with Gasteiger partial charge in [0.2, 0.25) is 0 Å². The largest absolute Gasteiger partial charge is 0.309 e. The van der Waals surface area contributed by atoms with E-state index in [1.165, 1.54) is 43.6 Å². The zero-order valence-corrected chi connectivity index (χ0v) is 27.2. The molecule has 3 heterocycles. The minimum Gasteiger partial charge on any atom is -0.309 e.